The van der Waals surface area contributed by atoms with Crippen LogP contribution in [0.25, 0.3) is 0 Å². The van der Waals surface area contributed by atoms with Gasteiger partial charge in [0.15, 0.2) is 5.16 Å². The zero-order valence-corrected chi connectivity index (χ0v) is 22.4. The second-order valence-electron chi connectivity index (χ2n) is 9.91. The molecule has 7 heteroatoms. The van der Waals surface area contributed by atoms with Crippen LogP contribution in [-0.4, -0.2) is 25.7 Å². The van der Waals surface area contributed by atoms with Crippen LogP contribution in [0.4, 0.5) is 0 Å². The number of rotatable bonds is 9. The molecule has 0 aliphatic rings. The lowest BCUT2D eigenvalue weighted by Crippen LogP contribution is -2.33. The lowest BCUT2D eigenvalue weighted by Gasteiger charge is -2.19. The summed E-state index contributed by atoms with van der Waals surface area (Å²) in [6, 6.07) is 12.2. The van der Waals surface area contributed by atoms with Gasteiger partial charge >= 0.3 is 0 Å². The van der Waals surface area contributed by atoms with E-state index >= 15 is 0 Å². The number of nitrogens with zero attached hydrogens (tertiary/aromatic N) is 3. The number of carbonyl (C=O) groups excluding carboxylic acids is 1. The molecule has 35 heavy (non-hydrogen) atoms. The molecule has 1 aromatic carbocycles. The maximum atomic E-state index is 13.3. The van der Waals surface area contributed by atoms with Crippen molar-refractivity contribution in [2.45, 2.75) is 76.2 Å². The average molecular weight is 493 g/mol. The van der Waals surface area contributed by atoms with Crippen LogP contribution in [0.3, 0.4) is 0 Å². The quantitative estimate of drug-likeness (QED) is 0.338. The molecule has 0 saturated heterocycles. The Morgan fingerprint density at radius 3 is 2.34 bits per heavy atom. The Balaban J connectivity index is 1.77. The summed E-state index contributed by atoms with van der Waals surface area (Å²) in [6.07, 6.45) is 5.51. The van der Waals surface area contributed by atoms with E-state index in [2.05, 4.69) is 62.3 Å². The first kappa shape index (κ1) is 26.7. The minimum Gasteiger partial charge on any atom is -0.351 e. The first-order chi connectivity index (χ1) is 16.6. The number of thioether (sulfide) groups is 1. The SMILES string of the molecule is CCCC(Sc1nc(C)c(Cc2ccc(C(C)(C)C)cc2)c(=O)n1C)C(=O)NCc1ccncc1. The molecule has 1 N–H and O–H groups in total. The maximum absolute atomic E-state index is 13.3. The molecule has 0 aliphatic heterocycles. The molecule has 0 fully saturated rings. The molecule has 0 saturated carbocycles. The number of aromatic nitrogens is 3. The van der Waals surface area contributed by atoms with Crippen LogP contribution in [-0.2, 0) is 30.2 Å². The number of hydrogen-bond acceptors (Lipinski definition) is 5. The fraction of sp³-hybridized carbons (Fsp3) is 0.429. The highest BCUT2D eigenvalue weighted by Gasteiger charge is 2.23. The third-order valence-corrected chi connectivity index (χ3v) is 7.37. The molecule has 0 spiro atoms. The van der Waals surface area contributed by atoms with Crippen LogP contribution in [0, 0.1) is 6.92 Å². The lowest BCUT2D eigenvalue weighted by molar-refractivity contribution is -0.120. The van der Waals surface area contributed by atoms with Crippen molar-refractivity contribution in [2.24, 2.45) is 7.05 Å². The highest BCUT2D eigenvalue weighted by molar-refractivity contribution is 8.00. The molecule has 186 valence electrons. The fourth-order valence-electron chi connectivity index (χ4n) is 3.80. The zero-order valence-electron chi connectivity index (χ0n) is 21.6. The van der Waals surface area contributed by atoms with Gasteiger partial charge in [-0.05, 0) is 47.6 Å². The van der Waals surface area contributed by atoms with E-state index in [1.807, 2.05) is 19.1 Å². The normalized spacial score (nSPS) is 12.4. The average Bonchev–Trinajstić information content (AvgIpc) is 2.83. The highest BCUT2D eigenvalue weighted by Crippen LogP contribution is 2.26. The first-order valence-electron chi connectivity index (χ1n) is 12.1. The van der Waals surface area contributed by atoms with Gasteiger partial charge < -0.3 is 5.32 Å². The summed E-state index contributed by atoms with van der Waals surface area (Å²) in [4.78, 5) is 35.0. The number of aryl methyl sites for hydroxylation is 1. The summed E-state index contributed by atoms with van der Waals surface area (Å²) < 4.78 is 1.58. The van der Waals surface area contributed by atoms with Gasteiger partial charge in [-0.2, -0.15) is 0 Å². The predicted octanol–water partition coefficient (Wildman–Crippen LogP) is 4.95. The third-order valence-electron chi connectivity index (χ3n) is 6.06. The van der Waals surface area contributed by atoms with Crippen molar-refractivity contribution < 1.29 is 4.79 Å². The summed E-state index contributed by atoms with van der Waals surface area (Å²) in [5, 5.41) is 3.25. The summed E-state index contributed by atoms with van der Waals surface area (Å²) >= 11 is 1.36. The lowest BCUT2D eigenvalue weighted by atomic mass is 9.86. The van der Waals surface area contributed by atoms with Crippen molar-refractivity contribution in [1.82, 2.24) is 19.9 Å². The summed E-state index contributed by atoms with van der Waals surface area (Å²) in [5.41, 5.74) is 4.77. The topological polar surface area (TPSA) is 76.9 Å². The van der Waals surface area contributed by atoms with Crippen LogP contribution < -0.4 is 10.9 Å². The number of amides is 1. The number of pyridine rings is 1. The van der Waals surface area contributed by atoms with Gasteiger partial charge in [-0.15, -0.1) is 0 Å². The van der Waals surface area contributed by atoms with E-state index in [0.717, 1.165) is 17.5 Å². The molecule has 1 amide bonds. The second kappa shape index (κ2) is 11.7. The van der Waals surface area contributed by atoms with Crippen LogP contribution in [0.2, 0.25) is 0 Å². The largest absolute Gasteiger partial charge is 0.351 e. The van der Waals surface area contributed by atoms with E-state index in [1.165, 1.54) is 17.3 Å². The van der Waals surface area contributed by atoms with E-state index in [0.29, 0.717) is 35.8 Å². The Morgan fingerprint density at radius 2 is 1.74 bits per heavy atom. The monoisotopic (exact) mass is 492 g/mol. The van der Waals surface area contributed by atoms with Gasteiger partial charge in [-0.25, -0.2) is 4.98 Å². The van der Waals surface area contributed by atoms with Crippen LogP contribution in [0.1, 0.15) is 68.5 Å². The molecule has 3 aromatic rings. The second-order valence-corrected chi connectivity index (χ2v) is 11.1. The molecule has 0 aliphatic carbocycles. The van der Waals surface area contributed by atoms with Crippen molar-refractivity contribution in [1.29, 1.82) is 0 Å². The smallest absolute Gasteiger partial charge is 0.257 e. The van der Waals surface area contributed by atoms with E-state index in [9.17, 15) is 9.59 Å². The van der Waals surface area contributed by atoms with Gasteiger partial charge in [-0.3, -0.25) is 19.1 Å². The van der Waals surface area contributed by atoms with E-state index in [1.54, 1.807) is 24.0 Å². The third kappa shape index (κ3) is 7.04. The number of nitrogens with one attached hydrogen (secondary N) is 1. The zero-order chi connectivity index (χ0) is 25.6. The molecule has 2 aromatic heterocycles. The Morgan fingerprint density at radius 1 is 1.09 bits per heavy atom. The van der Waals surface area contributed by atoms with E-state index in [4.69, 9.17) is 4.98 Å². The van der Waals surface area contributed by atoms with Crippen molar-refractivity contribution >= 4 is 17.7 Å². The van der Waals surface area contributed by atoms with Crippen LogP contribution in [0.5, 0.6) is 0 Å². The van der Waals surface area contributed by atoms with Crippen molar-refractivity contribution in [2.75, 3.05) is 0 Å². The van der Waals surface area contributed by atoms with E-state index in [-0.39, 0.29) is 22.1 Å². The standard InChI is InChI=1S/C28H36N4O2S/c1-7-8-24(25(33)30-18-21-13-15-29-16-14-21)35-27-31-19(2)23(26(34)32(27)6)17-20-9-11-22(12-10-20)28(3,4)5/h9-16,24H,7-8,17-18H2,1-6H3,(H,30,33). The molecule has 0 bridgehead atoms. The first-order valence-corrected chi connectivity index (χ1v) is 13.0. The fourth-order valence-corrected chi connectivity index (χ4v) is 5.03. The van der Waals surface area contributed by atoms with Gasteiger partial charge in [-0.1, -0.05) is 70.1 Å². The van der Waals surface area contributed by atoms with Gasteiger partial charge in [0.05, 0.1) is 5.25 Å². The minimum atomic E-state index is -0.324. The van der Waals surface area contributed by atoms with Gasteiger partial charge in [0.2, 0.25) is 5.91 Å². The maximum Gasteiger partial charge on any atom is 0.257 e. The molecular formula is C28H36N4O2S. The summed E-state index contributed by atoms with van der Waals surface area (Å²) in [5.74, 6) is -0.0522. The van der Waals surface area contributed by atoms with Crippen LogP contribution >= 0.6 is 11.8 Å². The van der Waals surface area contributed by atoms with Crippen molar-refractivity contribution in [3.05, 3.63) is 87.1 Å². The molecular weight excluding hydrogens is 456 g/mol. The number of hydrogen-bond donors (Lipinski definition) is 1. The van der Waals surface area contributed by atoms with Gasteiger partial charge in [0.25, 0.3) is 5.56 Å². The van der Waals surface area contributed by atoms with Crippen LogP contribution in [0.15, 0.2) is 58.7 Å². The highest BCUT2D eigenvalue weighted by atomic mass is 32.2. The minimum absolute atomic E-state index is 0.0522. The molecule has 2 heterocycles. The van der Waals surface area contributed by atoms with Gasteiger partial charge in [0.1, 0.15) is 0 Å². The Hall–Kier alpha value is -2.93. The predicted molar refractivity (Wildman–Crippen MR) is 143 cm³/mol. The van der Waals surface area contributed by atoms with Crippen molar-refractivity contribution in [3.8, 4) is 0 Å². The van der Waals surface area contributed by atoms with E-state index < -0.39 is 0 Å². The molecule has 1 unspecified atom stereocenters. The molecule has 3 rings (SSSR count). The Labute approximate surface area is 212 Å². The summed E-state index contributed by atoms with van der Waals surface area (Å²) in [7, 11) is 1.74. The molecule has 0 radical (unpaired) electrons. The summed E-state index contributed by atoms with van der Waals surface area (Å²) in [6.45, 7) is 10.9. The Kier molecular flexibility index (Phi) is 8.89. The number of carbonyl (C=O) groups is 1. The number of benzene rings is 1. The van der Waals surface area contributed by atoms with Gasteiger partial charge in [0, 0.05) is 43.7 Å². The molecule has 6 nitrogen and oxygen atoms in total. The molecule has 1 atom stereocenters. The Bertz CT molecular complexity index is 1200. The van der Waals surface area contributed by atoms with Crippen molar-refractivity contribution in [3.63, 3.8) is 0 Å².